The number of nitrogens with zero attached hydrogens (tertiary/aromatic N) is 1. The Kier molecular flexibility index (Phi) is 3.67. The summed E-state index contributed by atoms with van der Waals surface area (Å²) in [4.78, 5) is 0. The molecule has 0 spiro atoms. The topological polar surface area (TPSA) is 47.5 Å². The van der Waals surface area contributed by atoms with Gasteiger partial charge in [-0.25, -0.2) is 10.4 Å². The van der Waals surface area contributed by atoms with E-state index in [4.69, 9.17) is 5.11 Å². The molecule has 0 atom stereocenters. The van der Waals surface area contributed by atoms with Gasteiger partial charge in [0.05, 0.1) is 0 Å². The number of aliphatic hydroxyl groups is 1. The Morgan fingerprint density at radius 2 is 2.40 bits per heavy atom. The first-order valence-electron chi connectivity index (χ1n) is 3.78. The maximum absolute atomic E-state index is 8.52. The highest BCUT2D eigenvalue weighted by molar-refractivity contribution is 4.56. The minimum atomic E-state index is 0.276. The van der Waals surface area contributed by atoms with E-state index in [1.54, 1.807) is 0 Å². The van der Waals surface area contributed by atoms with Crippen LogP contribution in [0, 0.1) is 0 Å². The summed E-state index contributed by atoms with van der Waals surface area (Å²) in [5, 5.41) is 10.6. The number of aliphatic hydroxyl groups excluding tert-OH is 1. The van der Waals surface area contributed by atoms with Crippen molar-refractivity contribution < 1.29 is 5.11 Å². The number of rotatable bonds is 3. The minimum Gasteiger partial charge on any atom is -0.396 e. The predicted molar refractivity (Wildman–Crippen MR) is 39.0 cm³/mol. The lowest BCUT2D eigenvalue weighted by Gasteiger charge is -2.27. The van der Waals surface area contributed by atoms with Crippen molar-refractivity contribution in [3.8, 4) is 0 Å². The summed E-state index contributed by atoms with van der Waals surface area (Å²) < 4.78 is 0. The third kappa shape index (κ3) is 2.62. The van der Waals surface area contributed by atoms with Crippen LogP contribution in [0.4, 0.5) is 0 Å². The van der Waals surface area contributed by atoms with Crippen molar-refractivity contribution >= 4 is 0 Å². The molecule has 0 aromatic carbocycles. The van der Waals surface area contributed by atoms with E-state index in [2.05, 4.69) is 16.0 Å². The van der Waals surface area contributed by atoms with E-state index in [9.17, 15) is 0 Å². The van der Waals surface area contributed by atoms with Crippen molar-refractivity contribution in [2.24, 2.45) is 0 Å². The fraction of sp³-hybridized carbons (Fsp3) is 1.00. The molecule has 1 fully saturated rings. The summed E-state index contributed by atoms with van der Waals surface area (Å²) in [5.74, 6) is 0. The second-order valence-electron chi connectivity index (χ2n) is 2.46. The quantitative estimate of drug-likeness (QED) is 0.481. The van der Waals surface area contributed by atoms with Crippen molar-refractivity contribution in [2.45, 2.75) is 12.8 Å². The molecule has 0 aromatic rings. The molecule has 4 heteroatoms. The third-order valence-electron chi connectivity index (χ3n) is 1.55. The number of nitrogens with one attached hydrogen (secondary N) is 2. The van der Waals surface area contributed by atoms with Crippen LogP contribution in [0.5, 0.6) is 0 Å². The van der Waals surface area contributed by atoms with Gasteiger partial charge < -0.3 is 5.11 Å². The highest BCUT2D eigenvalue weighted by Gasteiger charge is 2.06. The molecule has 60 valence electrons. The summed E-state index contributed by atoms with van der Waals surface area (Å²) in [6.07, 6.45) is 2.02. The number of hydrazine groups is 2. The minimum absolute atomic E-state index is 0.276. The standard InChI is InChI=1S/C6H15N3O/c10-6-2-5-9-4-1-3-7-8-9/h7-8,10H,1-6H2. The zero-order valence-corrected chi connectivity index (χ0v) is 6.14. The Morgan fingerprint density at radius 1 is 1.50 bits per heavy atom. The molecule has 0 unspecified atom stereocenters. The molecule has 1 aliphatic rings. The van der Waals surface area contributed by atoms with Crippen LogP contribution in [0.1, 0.15) is 12.8 Å². The fourth-order valence-corrected chi connectivity index (χ4v) is 1.01. The maximum Gasteiger partial charge on any atom is 0.0443 e. The third-order valence-corrected chi connectivity index (χ3v) is 1.55. The Hall–Kier alpha value is -0.160. The van der Waals surface area contributed by atoms with Gasteiger partial charge in [-0.1, -0.05) is 0 Å². The number of hydrogen-bond donors (Lipinski definition) is 3. The summed E-state index contributed by atoms with van der Waals surface area (Å²) in [5.41, 5.74) is 6.06. The predicted octanol–water partition coefficient (Wildman–Crippen LogP) is -0.916. The molecular formula is C6H15N3O. The molecule has 1 rings (SSSR count). The van der Waals surface area contributed by atoms with Gasteiger partial charge in [0.15, 0.2) is 0 Å². The first-order valence-corrected chi connectivity index (χ1v) is 3.78. The van der Waals surface area contributed by atoms with E-state index in [0.29, 0.717) is 0 Å². The summed E-state index contributed by atoms with van der Waals surface area (Å²) in [6, 6.07) is 0. The maximum atomic E-state index is 8.52. The fourth-order valence-electron chi connectivity index (χ4n) is 1.01. The first-order chi connectivity index (χ1) is 4.93. The van der Waals surface area contributed by atoms with E-state index < -0.39 is 0 Å². The van der Waals surface area contributed by atoms with E-state index in [1.165, 1.54) is 6.42 Å². The largest absolute Gasteiger partial charge is 0.396 e. The van der Waals surface area contributed by atoms with Gasteiger partial charge >= 0.3 is 0 Å². The molecule has 0 amide bonds. The second-order valence-corrected chi connectivity index (χ2v) is 2.46. The molecule has 1 aliphatic heterocycles. The van der Waals surface area contributed by atoms with E-state index in [1.807, 2.05) is 0 Å². The van der Waals surface area contributed by atoms with Crippen molar-refractivity contribution in [1.82, 2.24) is 16.0 Å². The van der Waals surface area contributed by atoms with Crippen molar-refractivity contribution in [1.29, 1.82) is 0 Å². The Balaban J connectivity index is 2.02. The zero-order valence-electron chi connectivity index (χ0n) is 6.14. The molecule has 0 saturated carbocycles. The average Bonchev–Trinajstić information content (AvgIpc) is 2.03. The van der Waals surface area contributed by atoms with Crippen molar-refractivity contribution in [3.63, 3.8) is 0 Å². The van der Waals surface area contributed by atoms with Crippen LogP contribution in [0.2, 0.25) is 0 Å². The normalized spacial score (nSPS) is 21.3. The van der Waals surface area contributed by atoms with Gasteiger partial charge in [0.1, 0.15) is 0 Å². The molecule has 3 N–H and O–H groups in total. The van der Waals surface area contributed by atoms with E-state index in [0.717, 1.165) is 26.1 Å². The van der Waals surface area contributed by atoms with Crippen LogP contribution in [-0.2, 0) is 0 Å². The van der Waals surface area contributed by atoms with Gasteiger partial charge in [-0.15, -0.1) is 0 Å². The van der Waals surface area contributed by atoms with Crippen LogP contribution in [0.15, 0.2) is 0 Å². The zero-order chi connectivity index (χ0) is 7.23. The van der Waals surface area contributed by atoms with Crippen LogP contribution >= 0.6 is 0 Å². The Labute approximate surface area is 61.2 Å². The van der Waals surface area contributed by atoms with Gasteiger partial charge in [0, 0.05) is 26.2 Å². The van der Waals surface area contributed by atoms with Gasteiger partial charge in [-0.3, -0.25) is 0 Å². The molecule has 10 heavy (non-hydrogen) atoms. The molecule has 1 saturated heterocycles. The number of hydrogen-bond acceptors (Lipinski definition) is 4. The van der Waals surface area contributed by atoms with Crippen LogP contribution < -0.4 is 11.0 Å². The lowest BCUT2D eigenvalue weighted by Crippen LogP contribution is -2.52. The first kappa shape index (κ1) is 7.94. The average molecular weight is 145 g/mol. The van der Waals surface area contributed by atoms with Gasteiger partial charge in [0.25, 0.3) is 0 Å². The van der Waals surface area contributed by atoms with Crippen LogP contribution in [0.3, 0.4) is 0 Å². The van der Waals surface area contributed by atoms with Crippen LogP contribution in [-0.4, -0.2) is 36.4 Å². The molecule has 1 heterocycles. The molecule has 4 nitrogen and oxygen atoms in total. The smallest absolute Gasteiger partial charge is 0.0443 e. The van der Waals surface area contributed by atoms with E-state index >= 15 is 0 Å². The molecule has 0 aromatic heterocycles. The van der Waals surface area contributed by atoms with Gasteiger partial charge in [0.2, 0.25) is 0 Å². The lowest BCUT2D eigenvalue weighted by atomic mass is 10.3. The summed E-state index contributed by atoms with van der Waals surface area (Å²) in [7, 11) is 0. The summed E-state index contributed by atoms with van der Waals surface area (Å²) in [6.45, 7) is 3.31. The molecule has 0 bridgehead atoms. The molecular weight excluding hydrogens is 130 g/mol. The summed E-state index contributed by atoms with van der Waals surface area (Å²) >= 11 is 0. The second kappa shape index (κ2) is 4.62. The van der Waals surface area contributed by atoms with Crippen molar-refractivity contribution in [3.05, 3.63) is 0 Å². The van der Waals surface area contributed by atoms with Gasteiger partial charge in [-0.2, -0.15) is 5.53 Å². The monoisotopic (exact) mass is 145 g/mol. The Bertz CT molecular complexity index is 83.1. The van der Waals surface area contributed by atoms with Gasteiger partial charge in [-0.05, 0) is 12.8 Å². The lowest BCUT2D eigenvalue weighted by molar-refractivity contribution is 0.107. The Morgan fingerprint density at radius 3 is 3.00 bits per heavy atom. The molecule has 0 radical (unpaired) electrons. The molecule has 0 aliphatic carbocycles. The van der Waals surface area contributed by atoms with E-state index in [-0.39, 0.29) is 6.61 Å². The van der Waals surface area contributed by atoms with Crippen LogP contribution in [0.25, 0.3) is 0 Å². The van der Waals surface area contributed by atoms with Crippen molar-refractivity contribution in [2.75, 3.05) is 26.2 Å². The SMILES string of the molecule is OCCCN1CCCNN1. The highest BCUT2D eigenvalue weighted by Crippen LogP contribution is 1.91. The highest BCUT2D eigenvalue weighted by atomic mass is 16.3.